The fourth-order valence-corrected chi connectivity index (χ4v) is 1.95. The molecule has 1 fully saturated rings. The number of hydrogen-bond donors (Lipinski definition) is 0. The van der Waals surface area contributed by atoms with E-state index in [4.69, 9.17) is 4.74 Å². The van der Waals surface area contributed by atoms with Crippen molar-refractivity contribution < 1.29 is 9.53 Å². The lowest BCUT2D eigenvalue weighted by Gasteiger charge is -2.39. The average molecular weight is 184 g/mol. The Balaban J connectivity index is 2.46. The first-order chi connectivity index (χ1) is 5.92. The maximum Gasteiger partial charge on any atom is 0.302 e. The summed E-state index contributed by atoms with van der Waals surface area (Å²) >= 11 is 0. The van der Waals surface area contributed by atoms with Crippen LogP contribution in [0.4, 0.5) is 0 Å². The van der Waals surface area contributed by atoms with E-state index in [-0.39, 0.29) is 12.1 Å². The van der Waals surface area contributed by atoms with Crippen molar-refractivity contribution >= 4 is 5.97 Å². The summed E-state index contributed by atoms with van der Waals surface area (Å²) in [5.74, 6) is 0.502. The first-order valence-electron chi connectivity index (χ1n) is 5.09. The molecule has 1 rings (SSSR count). The van der Waals surface area contributed by atoms with Gasteiger partial charge in [0.15, 0.2) is 0 Å². The van der Waals surface area contributed by atoms with Crippen LogP contribution in [0.15, 0.2) is 0 Å². The Morgan fingerprint density at radius 1 is 1.46 bits per heavy atom. The second-order valence-electron chi connectivity index (χ2n) is 4.90. The Morgan fingerprint density at radius 3 is 2.54 bits per heavy atom. The van der Waals surface area contributed by atoms with Crippen LogP contribution in [-0.4, -0.2) is 12.1 Å². The van der Waals surface area contributed by atoms with Crippen molar-refractivity contribution in [1.29, 1.82) is 0 Å². The minimum atomic E-state index is -0.142. The molecule has 1 aliphatic carbocycles. The van der Waals surface area contributed by atoms with Gasteiger partial charge in [-0.25, -0.2) is 0 Å². The van der Waals surface area contributed by atoms with E-state index >= 15 is 0 Å². The molecule has 1 aliphatic rings. The molecule has 0 N–H and O–H groups in total. The van der Waals surface area contributed by atoms with Crippen molar-refractivity contribution in [1.82, 2.24) is 0 Å². The third-order valence-electron chi connectivity index (χ3n) is 3.39. The molecule has 2 unspecified atom stereocenters. The smallest absolute Gasteiger partial charge is 0.302 e. The molecule has 0 heterocycles. The minimum absolute atomic E-state index is 0.142. The van der Waals surface area contributed by atoms with Gasteiger partial charge in [0.1, 0.15) is 6.10 Å². The number of carbonyl (C=O) groups excluding carboxylic acids is 1. The Hall–Kier alpha value is -0.530. The Bertz CT molecular complexity index is 196. The van der Waals surface area contributed by atoms with E-state index in [9.17, 15) is 4.79 Å². The summed E-state index contributed by atoms with van der Waals surface area (Å²) in [7, 11) is 0. The van der Waals surface area contributed by atoms with Crippen LogP contribution < -0.4 is 0 Å². The van der Waals surface area contributed by atoms with Crippen molar-refractivity contribution in [2.45, 2.75) is 53.1 Å². The monoisotopic (exact) mass is 184 g/mol. The van der Waals surface area contributed by atoms with Crippen molar-refractivity contribution in [2.75, 3.05) is 0 Å². The van der Waals surface area contributed by atoms with Crippen molar-refractivity contribution in [3.63, 3.8) is 0 Å². The molecule has 0 aromatic carbocycles. The van der Waals surface area contributed by atoms with E-state index in [0.29, 0.717) is 11.3 Å². The molecule has 76 valence electrons. The molecule has 0 amide bonds. The zero-order valence-corrected chi connectivity index (χ0v) is 9.09. The lowest BCUT2D eigenvalue weighted by Crippen LogP contribution is -2.34. The second kappa shape index (κ2) is 3.69. The van der Waals surface area contributed by atoms with Crippen LogP contribution in [0.5, 0.6) is 0 Å². The predicted molar refractivity (Wildman–Crippen MR) is 52.4 cm³/mol. The molecule has 1 saturated carbocycles. The SMILES string of the molecule is CC(=O)OC1CCC(C)(C)C(C)C1. The highest BCUT2D eigenvalue weighted by Gasteiger charge is 2.34. The van der Waals surface area contributed by atoms with E-state index in [1.807, 2.05) is 0 Å². The number of ether oxygens (including phenoxy) is 1. The van der Waals surface area contributed by atoms with Gasteiger partial charge >= 0.3 is 5.97 Å². The molecule has 0 aliphatic heterocycles. The van der Waals surface area contributed by atoms with Crippen LogP contribution in [0.1, 0.15) is 47.0 Å². The van der Waals surface area contributed by atoms with Crippen molar-refractivity contribution in [3.8, 4) is 0 Å². The number of esters is 1. The summed E-state index contributed by atoms with van der Waals surface area (Å²) in [5.41, 5.74) is 0.413. The molecule has 0 spiro atoms. The third-order valence-corrected chi connectivity index (χ3v) is 3.39. The van der Waals surface area contributed by atoms with Crippen LogP contribution in [0.25, 0.3) is 0 Å². The minimum Gasteiger partial charge on any atom is -0.463 e. The summed E-state index contributed by atoms with van der Waals surface area (Å²) in [5, 5.41) is 0. The van der Waals surface area contributed by atoms with Gasteiger partial charge in [-0.1, -0.05) is 20.8 Å². The van der Waals surface area contributed by atoms with Crippen LogP contribution in [-0.2, 0) is 9.53 Å². The van der Waals surface area contributed by atoms with Crippen molar-refractivity contribution in [2.24, 2.45) is 11.3 Å². The quantitative estimate of drug-likeness (QED) is 0.586. The zero-order valence-electron chi connectivity index (χ0n) is 9.09. The number of rotatable bonds is 1. The first kappa shape index (κ1) is 10.6. The van der Waals surface area contributed by atoms with Crippen LogP contribution in [0, 0.1) is 11.3 Å². The summed E-state index contributed by atoms with van der Waals surface area (Å²) in [6, 6.07) is 0. The standard InChI is InChI=1S/C11H20O2/c1-8-7-10(13-9(2)12)5-6-11(8,3)4/h8,10H,5-7H2,1-4H3. The van der Waals surface area contributed by atoms with Gasteiger partial charge in [-0.15, -0.1) is 0 Å². The third kappa shape index (κ3) is 2.71. The Morgan fingerprint density at radius 2 is 2.08 bits per heavy atom. The highest BCUT2D eigenvalue weighted by molar-refractivity contribution is 5.66. The maximum absolute atomic E-state index is 10.8. The molecule has 0 radical (unpaired) electrons. The lowest BCUT2D eigenvalue weighted by molar-refractivity contribution is -0.150. The van der Waals surface area contributed by atoms with Gasteiger partial charge in [-0.2, -0.15) is 0 Å². The topological polar surface area (TPSA) is 26.3 Å². The van der Waals surface area contributed by atoms with Gasteiger partial charge in [0, 0.05) is 6.92 Å². The Kier molecular flexibility index (Phi) is 2.99. The van der Waals surface area contributed by atoms with E-state index in [0.717, 1.165) is 19.3 Å². The van der Waals surface area contributed by atoms with E-state index in [1.165, 1.54) is 6.92 Å². The predicted octanol–water partition coefficient (Wildman–Crippen LogP) is 2.76. The molecule has 0 aromatic heterocycles. The normalized spacial score (nSPS) is 32.6. The van der Waals surface area contributed by atoms with Gasteiger partial charge in [-0.05, 0) is 30.6 Å². The van der Waals surface area contributed by atoms with Gasteiger partial charge in [-0.3, -0.25) is 4.79 Å². The second-order valence-corrected chi connectivity index (χ2v) is 4.90. The summed E-state index contributed by atoms with van der Waals surface area (Å²) in [6.45, 7) is 8.32. The Labute approximate surface area is 80.7 Å². The molecule has 0 bridgehead atoms. The highest BCUT2D eigenvalue weighted by atomic mass is 16.5. The van der Waals surface area contributed by atoms with E-state index in [2.05, 4.69) is 20.8 Å². The highest BCUT2D eigenvalue weighted by Crippen LogP contribution is 2.40. The number of hydrogen-bond acceptors (Lipinski definition) is 2. The molecule has 0 saturated heterocycles. The van der Waals surface area contributed by atoms with Crippen LogP contribution in [0.2, 0.25) is 0 Å². The van der Waals surface area contributed by atoms with E-state index in [1.54, 1.807) is 0 Å². The average Bonchev–Trinajstić information content (AvgIpc) is 1.97. The maximum atomic E-state index is 10.8. The molecular formula is C11H20O2. The lowest BCUT2D eigenvalue weighted by atomic mass is 9.69. The largest absolute Gasteiger partial charge is 0.463 e. The summed E-state index contributed by atoms with van der Waals surface area (Å²) in [6.07, 6.45) is 3.37. The van der Waals surface area contributed by atoms with Crippen molar-refractivity contribution in [3.05, 3.63) is 0 Å². The van der Waals surface area contributed by atoms with Gasteiger partial charge < -0.3 is 4.74 Å². The van der Waals surface area contributed by atoms with Gasteiger partial charge in [0.25, 0.3) is 0 Å². The zero-order chi connectivity index (χ0) is 10.1. The van der Waals surface area contributed by atoms with Crippen LogP contribution in [0.3, 0.4) is 0 Å². The molecule has 2 heteroatoms. The fourth-order valence-electron chi connectivity index (χ4n) is 1.95. The number of carbonyl (C=O) groups is 1. The van der Waals surface area contributed by atoms with Gasteiger partial charge in [0.05, 0.1) is 0 Å². The molecule has 13 heavy (non-hydrogen) atoms. The van der Waals surface area contributed by atoms with Crippen LogP contribution >= 0.6 is 0 Å². The molecule has 2 nitrogen and oxygen atoms in total. The molecular weight excluding hydrogens is 164 g/mol. The molecule has 0 aromatic rings. The summed E-state index contributed by atoms with van der Waals surface area (Å²) < 4.78 is 5.22. The molecule has 2 atom stereocenters. The van der Waals surface area contributed by atoms with E-state index < -0.39 is 0 Å². The van der Waals surface area contributed by atoms with Gasteiger partial charge in [0.2, 0.25) is 0 Å². The first-order valence-corrected chi connectivity index (χ1v) is 5.09. The summed E-state index contributed by atoms with van der Waals surface area (Å²) in [4.78, 5) is 10.8. The fraction of sp³-hybridized carbons (Fsp3) is 0.909.